The van der Waals surface area contributed by atoms with Crippen molar-refractivity contribution in [3.8, 4) is 16.9 Å². The molecule has 2 amide bonds. The van der Waals surface area contributed by atoms with Gasteiger partial charge in [-0.2, -0.15) is 0 Å². The molecule has 0 bridgehead atoms. The van der Waals surface area contributed by atoms with Crippen LogP contribution in [0.5, 0.6) is 5.75 Å². The number of fused-ring (bicyclic) bond motifs is 2. The lowest BCUT2D eigenvalue weighted by molar-refractivity contribution is 0.0517. The minimum Gasteiger partial charge on any atom is -0.506 e. The Hall–Kier alpha value is -5.49. The SMILES string of the molecule is O=C(Nc1ccccc1-c1ccccc1)OC1CCN(CCN2CCc3cc(CCNCC(O)c4ccc(O)c5[nH]c(=O)ccc45)ccc3C2=O)CC1. The van der Waals surface area contributed by atoms with E-state index in [4.69, 9.17) is 4.74 Å². The molecule has 7 rings (SSSR count). The van der Waals surface area contributed by atoms with E-state index in [1.54, 1.807) is 12.1 Å². The number of anilines is 1. The third-order valence-electron chi connectivity index (χ3n) is 10.3. The Morgan fingerprint density at radius 1 is 0.887 bits per heavy atom. The Morgan fingerprint density at radius 3 is 2.51 bits per heavy atom. The minimum absolute atomic E-state index is 0.0387. The molecule has 1 fully saturated rings. The van der Waals surface area contributed by atoms with Crippen molar-refractivity contribution in [2.45, 2.75) is 37.9 Å². The summed E-state index contributed by atoms with van der Waals surface area (Å²) >= 11 is 0. The highest BCUT2D eigenvalue weighted by Gasteiger charge is 2.27. The molecule has 0 spiro atoms. The number of nitrogens with one attached hydrogen (secondary N) is 3. The number of pyridine rings is 1. The second-order valence-corrected chi connectivity index (χ2v) is 13.8. The predicted octanol–water partition coefficient (Wildman–Crippen LogP) is 5.48. The topological polar surface area (TPSA) is 147 Å². The lowest BCUT2D eigenvalue weighted by atomic mass is 9.95. The van der Waals surface area contributed by atoms with Gasteiger partial charge in [0.1, 0.15) is 11.9 Å². The van der Waals surface area contributed by atoms with E-state index in [0.717, 1.165) is 78.8 Å². The lowest BCUT2D eigenvalue weighted by Crippen LogP contribution is -2.45. The Labute approximate surface area is 308 Å². The number of nitrogens with zero attached hydrogens (tertiary/aromatic N) is 2. The summed E-state index contributed by atoms with van der Waals surface area (Å²) in [5.41, 5.74) is 6.25. The molecule has 53 heavy (non-hydrogen) atoms. The van der Waals surface area contributed by atoms with Crippen LogP contribution in [0.2, 0.25) is 0 Å². The highest BCUT2D eigenvalue weighted by molar-refractivity contribution is 5.97. The van der Waals surface area contributed by atoms with Gasteiger partial charge in [-0.05, 0) is 78.7 Å². The molecule has 4 aromatic carbocycles. The molecule has 0 radical (unpaired) electrons. The first-order valence-electron chi connectivity index (χ1n) is 18.3. The van der Waals surface area contributed by atoms with E-state index in [2.05, 4.69) is 26.6 Å². The molecule has 0 aliphatic carbocycles. The zero-order valence-corrected chi connectivity index (χ0v) is 29.6. The van der Waals surface area contributed by atoms with Crippen LogP contribution in [-0.2, 0) is 17.6 Å². The van der Waals surface area contributed by atoms with Gasteiger partial charge in [-0.1, -0.05) is 66.7 Å². The van der Waals surface area contributed by atoms with Crippen LogP contribution >= 0.6 is 0 Å². The Bertz CT molecular complexity index is 2130. The average Bonchev–Trinajstić information content (AvgIpc) is 3.17. The number of likely N-dealkylation sites (tertiary alicyclic amines) is 1. The minimum atomic E-state index is -0.823. The number of aromatic nitrogens is 1. The number of aliphatic hydroxyl groups excluding tert-OH is 1. The molecule has 1 aromatic heterocycles. The number of aromatic hydroxyl groups is 1. The Balaban J connectivity index is 0.830. The fourth-order valence-corrected chi connectivity index (χ4v) is 7.35. The summed E-state index contributed by atoms with van der Waals surface area (Å²) in [5.74, 6) is 0.0235. The Kier molecular flexibility index (Phi) is 11.1. The standard InChI is InChI=1S/C42H45N5O6/c48-37-14-12-34(35-13-15-39(50)45-40(35)37)38(49)27-43-20-16-28-10-11-33-30(26-28)17-23-47(41(33)51)25-24-46-21-18-31(19-22-46)53-42(52)44-36-9-5-4-8-32(36)29-6-2-1-3-7-29/h1-15,26,31,38,43,48-49H,16-25,27H2,(H,44,52)(H,45,50). The van der Waals surface area contributed by atoms with Crippen molar-refractivity contribution in [3.05, 3.63) is 130 Å². The first-order chi connectivity index (χ1) is 25.8. The van der Waals surface area contributed by atoms with Crippen LogP contribution in [0.4, 0.5) is 10.5 Å². The fourth-order valence-electron chi connectivity index (χ4n) is 7.35. The molecule has 1 atom stereocenters. The number of piperidine rings is 1. The van der Waals surface area contributed by atoms with E-state index in [1.165, 1.54) is 12.1 Å². The van der Waals surface area contributed by atoms with Crippen molar-refractivity contribution in [2.75, 3.05) is 51.1 Å². The zero-order chi connectivity index (χ0) is 36.7. The van der Waals surface area contributed by atoms with Gasteiger partial charge < -0.3 is 35.1 Å². The van der Waals surface area contributed by atoms with Gasteiger partial charge in [0.2, 0.25) is 5.56 Å². The van der Waals surface area contributed by atoms with Crippen molar-refractivity contribution in [2.24, 2.45) is 0 Å². The summed E-state index contributed by atoms with van der Waals surface area (Å²) in [4.78, 5) is 44.8. The maximum atomic E-state index is 13.4. The number of hydrogen-bond donors (Lipinski definition) is 5. The van der Waals surface area contributed by atoms with Gasteiger partial charge in [0.25, 0.3) is 5.91 Å². The molecule has 0 saturated carbocycles. The molecular formula is C42H45N5O6. The average molecular weight is 716 g/mol. The number of amides is 2. The van der Waals surface area contributed by atoms with Crippen molar-refractivity contribution < 1.29 is 24.5 Å². The molecule has 2 aliphatic rings. The molecule has 2 aliphatic heterocycles. The molecule has 1 unspecified atom stereocenters. The number of phenolic OH excluding ortho intramolecular Hbond substituents is 1. The molecular weight excluding hydrogens is 670 g/mol. The van der Waals surface area contributed by atoms with E-state index < -0.39 is 12.2 Å². The van der Waals surface area contributed by atoms with Gasteiger partial charge in [-0.15, -0.1) is 0 Å². The predicted molar refractivity (Wildman–Crippen MR) is 205 cm³/mol. The number of carbonyl (C=O) groups is 2. The van der Waals surface area contributed by atoms with Gasteiger partial charge in [-0.25, -0.2) is 4.79 Å². The van der Waals surface area contributed by atoms with Crippen LogP contribution in [0.25, 0.3) is 22.0 Å². The number of carbonyl (C=O) groups excluding carboxylic acids is 2. The summed E-state index contributed by atoms with van der Waals surface area (Å²) in [6.07, 6.45) is 1.62. The van der Waals surface area contributed by atoms with Crippen LogP contribution in [0.15, 0.2) is 102 Å². The number of para-hydroxylation sites is 1. The molecule has 11 nitrogen and oxygen atoms in total. The number of aliphatic hydroxyl groups is 1. The molecule has 274 valence electrons. The van der Waals surface area contributed by atoms with Gasteiger partial charge in [-0.3, -0.25) is 14.9 Å². The number of rotatable bonds is 12. The largest absolute Gasteiger partial charge is 0.506 e. The first-order valence-corrected chi connectivity index (χ1v) is 18.3. The quantitative estimate of drug-likeness (QED) is 0.107. The number of ether oxygens (including phenoxy) is 1. The second kappa shape index (κ2) is 16.5. The summed E-state index contributed by atoms with van der Waals surface area (Å²) in [7, 11) is 0. The number of benzene rings is 4. The lowest BCUT2D eigenvalue weighted by Gasteiger charge is -2.34. The van der Waals surface area contributed by atoms with E-state index in [1.807, 2.05) is 71.6 Å². The highest BCUT2D eigenvalue weighted by atomic mass is 16.6. The summed E-state index contributed by atoms with van der Waals surface area (Å²) < 4.78 is 5.80. The van der Waals surface area contributed by atoms with E-state index in [9.17, 15) is 24.6 Å². The fraction of sp³-hybridized carbons (Fsp3) is 0.310. The van der Waals surface area contributed by atoms with Crippen LogP contribution in [0, 0.1) is 0 Å². The van der Waals surface area contributed by atoms with Crippen LogP contribution in [0.3, 0.4) is 0 Å². The molecule has 5 aromatic rings. The van der Waals surface area contributed by atoms with Crippen LogP contribution in [0.1, 0.15) is 46.0 Å². The highest BCUT2D eigenvalue weighted by Crippen LogP contribution is 2.30. The molecule has 5 N–H and O–H groups in total. The third-order valence-corrected chi connectivity index (χ3v) is 10.3. The van der Waals surface area contributed by atoms with Crippen LogP contribution in [-0.4, -0.2) is 88.9 Å². The van der Waals surface area contributed by atoms with Gasteiger partial charge >= 0.3 is 6.09 Å². The second-order valence-electron chi connectivity index (χ2n) is 13.8. The Morgan fingerprint density at radius 2 is 1.68 bits per heavy atom. The van der Waals surface area contributed by atoms with Gasteiger partial charge in [0.05, 0.1) is 17.3 Å². The summed E-state index contributed by atoms with van der Waals surface area (Å²) in [5, 5.41) is 27.8. The van der Waals surface area contributed by atoms with Crippen molar-refractivity contribution in [1.29, 1.82) is 0 Å². The molecule has 11 heteroatoms. The van der Waals surface area contributed by atoms with Crippen molar-refractivity contribution in [3.63, 3.8) is 0 Å². The number of H-pyrrole nitrogens is 1. The molecule has 3 heterocycles. The van der Waals surface area contributed by atoms with E-state index >= 15 is 0 Å². The number of hydrogen-bond acceptors (Lipinski definition) is 8. The zero-order valence-electron chi connectivity index (χ0n) is 29.6. The number of aromatic amines is 1. The van der Waals surface area contributed by atoms with Gasteiger partial charge in [0, 0.05) is 61.8 Å². The first kappa shape index (κ1) is 35.9. The normalized spacial score (nSPS) is 15.6. The summed E-state index contributed by atoms with van der Waals surface area (Å²) in [6, 6.07) is 29.8. The number of phenols is 1. The van der Waals surface area contributed by atoms with Crippen LogP contribution < -0.4 is 16.2 Å². The van der Waals surface area contributed by atoms with Gasteiger partial charge in [0.15, 0.2) is 0 Å². The maximum absolute atomic E-state index is 13.4. The van der Waals surface area contributed by atoms with Crippen molar-refractivity contribution in [1.82, 2.24) is 20.1 Å². The molecule has 1 saturated heterocycles. The smallest absolute Gasteiger partial charge is 0.411 e. The monoisotopic (exact) mass is 715 g/mol. The summed E-state index contributed by atoms with van der Waals surface area (Å²) in [6.45, 7) is 4.66. The third kappa shape index (κ3) is 8.60. The maximum Gasteiger partial charge on any atom is 0.411 e. The van der Waals surface area contributed by atoms with E-state index in [0.29, 0.717) is 42.6 Å². The van der Waals surface area contributed by atoms with E-state index in [-0.39, 0.29) is 23.3 Å². The van der Waals surface area contributed by atoms with Crippen molar-refractivity contribution >= 4 is 28.6 Å².